The average molecular weight is 224 g/mol. The van der Waals surface area contributed by atoms with Crippen LogP contribution in [0.5, 0.6) is 0 Å². The van der Waals surface area contributed by atoms with Gasteiger partial charge in [0.05, 0.1) is 5.69 Å². The van der Waals surface area contributed by atoms with Gasteiger partial charge in [0.15, 0.2) is 11.5 Å². The fourth-order valence-corrected chi connectivity index (χ4v) is 1.77. The van der Waals surface area contributed by atoms with Crippen molar-refractivity contribution in [3.05, 3.63) is 47.7 Å². The van der Waals surface area contributed by atoms with Gasteiger partial charge in [0, 0.05) is 5.56 Å². The Balaban J connectivity index is 2.29. The maximum absolute atomic E-state index is 4.50. The van der Waals surface area contributed by atoms with Crippen LogP contribution in [0.15, 0.2) is 36.4 Å². The van der Waals surface area contributed by atoms with Crippen LogP contribution < -0.4 is 0 Å². The van der Waals surface area contributed by atoms with Crippen molar-refractivity contribution in [3.63, 3.8) is 0 Å². The molecule has 0 spiro atoms. The van der Waals surface area contributed by atoms with Crippen LogP contribution in [0.1, 0.15) is 11.3 Å². The van der Waals surface area contributed by atoms with Gasteiger partial charge in [0.1, 0.15) is 0 Å². The highest BCUT2D eigenvalue weighted by molar-refractivity contribution is 5.58. The molecule has 4 heteroatoms. The zero-order chi connectivity index (χ0) is 11.8. The first-order valence-corrected chi connectivity index (χ1v) is 5.51. The molecule has 0 amide bonds. The lowest BCUT2D eigenvalue weighted by molar-refractivity contribution is 0.891. The van der Waals surface area contributed by atoms with E-state index in [1.54, 1.807) is 4.52 Å². The molecule has 0 bridgehead atoms. The van der Waals surface area contributed by atoms with Crippen molar-refractivity contribution in [2.45, 2.75) is 13.8 Å². The van der Waals surface area contributed by atoms with Gasteiger partial charge in [0.25, 0.3) is 0 Å². The molecular formula is C13H12N4. The summed E-state index contributed by atoms with van der Waals surface area (Å²) in [6.07, 6.45) is 0. The van der Waals surface area contributed by atoms with Gasteiger partial charge in [-0.05, 0) is 25.5 Å². The zero-order valence-corrected chi connectivity index (χ0v) is 9.75. The normalized spacial score (nSPS) is 10.9. The molecule has 0 saturated carbocycles. The average Bonchev–Trinajstić information content (AvgIpc) is 2.74. The Labute approximate surface area is 98.9 Å². The molecule has 0 radical (unpaired) electrons. The van der Waals surface area contributed by atoms with E-state index in [0.717, 1.165) is 28.3 Å². The molecule has 0 aliphatic carbocycles. The molecular weight excluding hydrogens is 212 g/mol. The molecule has 1 aromatic carbocycles. The highest BCUT2D eigenvalue weighted by atomic mass is 15.4. The van der Waals surface area contributed by atoms with Crippen LogP contribution in [0.25, 0.3) is 17.0 Å². The summed E-state index contributed by atoms with van der Waals surface area (Å²) in [7, 11) is 0. The van der Waals surface area contributed by atoms with Crippen LogP contribution in [0.3, 0.4) is 0 Å². The Hall–Kier alpha value is -2.23. The number of aryl methyl sites for hydroxylation is 2. The first-order chi connectivity index (χ1) is 8.25. The molecule has 0 atom stereocenters. The Morgan fingerprint density at radius 3 is 2.53 bits per heavy atom. The highest BCUT2D eigenvalue weighted by Crippen LogP contribution is 2.17. The van der Waals surface area contributed by atoms with E-state index in [2.05, 4.69) is 15.3 Å². The number of benzene rings is 1. The van der Waals surface area contributed by atoms with Crippen LogP contribution in [0, 0.1) is 13.8 Å². The fourth-order valence-electron chi connectivity index (χ4n) is 1.77. The highest BCUT2D eigenvalue weighted by Gasteiger charge is 2.09. The summed E-state index contributed by atoms with van der Waals surface area (Å²) >= 11 is 0. The third kappa shape index (κ3) is 1.58. The van der Waals surface area contributed by atoms with Crippen molar-refractivity contribution in [2.75, 3.05) is 0 Å². The summed E-state index contributed by atoms with van der Waals surface area (Å²) < 4.78 is 1.79. The summed E-state index contributed by atoms with van der Waals surface area (Å²) in [6, 6.07) is 12.0. The number of hydrogen-bond donors (Lipinski definition) is 0. The molecule has 84 valence electrons. The van der Waals surface area contributed by atoms with Crippen LogP contribution >= 0.6 is 0 Å². The van der Waals surface area contributed by atoms with E-state index in [4.69, 9.17) is 0 Å². The van der Waals surface area contributed by atoms with Crippen LogP contribution in [-0.4, -0.2) is 19.8 Å². The van der Waals surface area contributed by atoms with Gasteiger partial charge in [0.2, 0.25) is 0 Å². The number of aromatic nitrogens is 4. The summed E-state index contributed by atoms with van der Waals surface area (Å²) in [6.45, 7) is 4.02. The molecule has 0 aliphatic rings. The van der Waals surface area contributed by atoms with Crippen molar-refractivity contribution in [1.82, 2.24) is 19.8 Å². The van der Waals surface area contributed by atoms with Gasteiger partial charge in [-0.15, -0.1) is 10.2 Å². The molecule has 0 fully saturated rings. The first kappa shape index (κ1) is 9.96. The van der Waals surface area contributed by atoms with Crippen molar-refractivity contribution < 1.29 is 0 Å². The Morgan fingerprint density at radius 2 is 1.76 bits per heavy atom. The molecule has 3 aromatic rings. The smallest absolute Gasteiger partial charge is 0.185 e. The van der Waals surface area contributed by atoms with E-state index >= 15 is 0 Å². The quantitative estimate of drug-likeness (QED) is 0.637. The number of nitrogens with zero attached hydrogens (tertiary/aromatic N) is 4. The third-order valence-corrected chi connectivity index (χ3v) is 2.86. The second kappa shape index (κ2) is 3.66. The third-order valence-electron chi connectivity index (χ3n) is 2.86. The maximum Gasteiger partial charge on any atom is 0.185 e. The van der Waals surface area contributed by atoms with E-state index < -0.39 is 0 Å². The van der Waals surface area contributed by atoms with Gasteiger partial charge < -0.3 is 0 Å². The Bertz CT molecular complexity index is 670. The van der Waals surface area contributed by atoms with Gasteiger partial charge in [-0.1, -0.05) is 30.3 Å². The monoisotopic (exact) mass is 224 g/mol. The fraction of sp³-hybridized carbons (Fsp3) is 0.154. The maximum atomic E-state index is 4.50. The van der Waals surface area contributed by atoms with Crippen LogP contribution in [-0.2, 0) is 0 Å². The zero-order valence-electron chi connectivity index (χ0n) is 9.75. The number of rotatable bonds is 1. The second-order valence-corrected chi connectivity index (χ2v) is 4.07. The van der Waals surface area contributed by atoms with E-state index in [9.17, 15) is 0 Å². The molecule has 0 saturated heterocycles. The Morgan fingerprint density at radius 1 is 1.00 bits per heavy atom. The Kier molecular flexibility index (Phi) is 2.14. The van der Waals surface area contributed by atoms with E-state index in [1.165, 1.54) is 0 Å². The molecule has 0 unspecified atom stereocenters. The number of fused-ring (bicyclic) bond motifs is 1. The van der Waals surface area contributed by atoms with Gasteiger partial charge in [-0.25, -0.2) is 0 Å². The summed E-state index contributed by atoms with van der Waals surface area (Å²) in [5.74, 6) is 0.781. The lowest BCUT2D eigenvalue weighted by Crippen LogP contribution is -1.99. The molecule has 3 rings (SSSR count). The van der Waals surface area contributed by atoms with E-state index in [0.29, 0.717) is 0 Å². The molecule has 0 N–H and O–H groups in total. The molecule has 4 nitrogen and oxygen atoms in total. The SMILES string of the molecule is Cc1cc2nnc(-c3ccccc3)n2nc1C. The predicted molar refractivity (Wildman–Crippen MR) is 65.7 cm³/mol. The molecule has 2 aromatic heterocycles. The largest absolute Gasteiger partial charge is 0.193 e. The van der Waals surface area contributed by atoms with Gasteiger partial charge in [-0.2, -0.15) is 9.61 Å². The van der Waals surface area contributed by atoms with Gasteiger partial charge in [-0.3, -0.25) is 0 Å². The summed E-state index contributed by atoms with van der Waals surface area (Å²) in [5.41, 5.74) is 3.93. The second-order valence-electron chi connectivity index (χ2n) is 4.07. The number of hydrogen-bond acceptors (Lipinski definition) is 3. The minimum atomic E-state index is 0.781. The van der Waals surface area contributed by atoms with Crippen molar-refractivity contribution in [1.29, 1.82) is 0 Å². The molecule has 2 heterocycles. The minimum Gasteiger partial charge on any atom is -0.193 e. The topological polar surface area (TPSA) is 43.1 Å². The van der Waals surface area contributed by atoms with E-state index in [-0.39, 0.29) is 0 Å². The standard InChI is InChI=1S/C13H12N4/c1-9-8-12-14-15-13(17(12)16-10(9)2)11-6-4-3-5-7-11/h3-8H,1-2H3. The van der Waals surface area contributed by atoms with Crippen molar-refractivity contribution >= 4 is 5.65 Å². The molecule has 0 aliphatic heterocycles. The van der Waals surface area contributed by atoms with Gasteiger partial charge >= 0.3 is 0 Å². The summed E-state index contributed by atoms with van der Waals surface area (Å²) in [4.78, 5) is 0. The lowest BCUT2D eigenvalue weighted by Gasteiger charge is -2.02. The van der Waals surface area contributed by atoms with Crippen molar-refractivity contribution in [3.8, 4) is 11.4 Å². The summed E-state index contributed by atoms with van der Waals surface area (Å²) in [5, 5.41) is 12.8. The molecule has 17 heavy (non-hydrogen) atoms. The van der Waals surface area contributed by atoms with Crippen LogP contribution in [0.4, 0.5) is 0 Å². The van der Waals surface area contributed by atoms with Crippen LogP contribution in [0.2, 0.25) is 0 Å². The lowest BCUT2D eigenvalue weighted by atomic mass is 10.2. The predicted octanol–water partition coefficient (Wildman–Crippen LogP) is 2.41. The minimum absolute atomic E-state index is 0.781. The van der Waals surface area contributed by atoms with E-state index in [1.807, 2.05) is 50.2 Å². The first-order valence-electron chi connectivity index (χ1n) is 5.51. The van der Waals surface area contributed by atoms with Crippen molar-refractivity contribution in [2.24, 2.45) is 0 Å².